The third-order valence-corrected chi connectivity index (χ3v) is 4.26. The summed E-state index contributed by atoms with van der Waals surface area (Å²) >= 11 is 7.47. The maximum atomic E-state index is 12.0. The Bertz CT molecular complexity index is 580. The van der Waals surface area contributed by atoms with Gasteiger partial charge in [0.25, 0.3) is 5.91 Å². The molecule has 2 rings (SSSR count). The molecule has 1 amide bonds. The summed E-state index contributed by atoms with van der Waals surface area (Å²) in [5.74, 6) is -0.128. The molecule has 2 aromatic rings. The van der Waals surface area contributed by atoms with Crippen molar-refractivity contribution in [2.24, 2.45) is 0 Å². The van der Waals surface area contributed by atoms with Crippen molar-refractivity contribution in [1.29, 1.82) is 0 Å². The molecule has 0 bridgehead atoms. The first-order chi connectivity index (χ1) is 9.60. The number of thiophene rings is 1. The van der Waals surface area contributed by atoms with E-state index in [9.17, 15) is 4.79 Å². The van der Waals surface area contributed by atoms with E-state index < -0.39 is 0 Å². The minimum absolute atomic E-state index is 0.120. The van der Waals surface area contributed by atoms with Crippen molar-refractivity contribution in [2.45, 2.75) is 13.0 Å². The second-order valence-corrected chi connectivity index (χ2v) is 6.15. The number of rotatable bonds is 5. The van der Waals surface area contributed by atoms with E-state index in [1.807, 2.05) is 19.1 Å². The Labute approximate surface area is 127 Å². The van der Waals surface area contributed by atoms with Gasteiger partial charge >= 0.3 is 0 Å². The van der Waals surface area contributed by atoms with Crippen molar-refractivity contribution in [1.82, 2.24) is 5.32 Å². The summed E-state index contributed by atoms with van der Waals surface area (Å²) in [7, 11) is 1.65. The molecule has 1 aromatic carbocycles. The molecular formula is C15H16ClNO2S. The summed E-state index contributed by atoms with van der Waals surface area (Å²) in [5, 5.41) is 3.49. The average Bonchev–Trinajstić information content (AvgIpc) is 2.86. The number of carbonyl (C=O) groups excluding carboxylic acids is 1. The van der Waals surface area contributed by atoms with E-state index in [1.165, 1.54) is 4.88 Å². The lowest BCUT2D eigenvalue weighted by atomic mass is 10.2. The van der Waals surface area contributed by atoms with Crippen LogP contribution in [0.4, 0.5) is 0 Å². The van der Waals surface area contributed by atoms with Gasteiger partial charge in [-0.1, -0.05) is 11.6 Å². The summed E-state index contributed by atoms with van der Waals surface area (Å²) in [5.41, 5.74) is 0.589. The predicted molar refractivity (Wildman–Crippen MR) is 82.6 cm³/mol. The Hall–Kier alpha value is -1.36. The lowest BCUT2D eigenvalue weighted by Crippen LogP contribution is -2.28. The number of aryl methyl sites for hydroxylation is 1. The number of carbonyl (C=O) groups is 1. The molecule has 1 aromatic heterocycles. The first-order valence-electron chi connectivity index (χ1n) is 6.23. The van der Waals surface area contributed by atoms with Gasteiger partial charge in [-0.3, -0.25) is 4.79 Å². The van der Waals surface area contributed by atoms with Crippen molar-refractivity contribution in [3.63, 3.8) is 0 Å². The molecular weight excluding hydrogens is 294 g/mol. The average molecular weight is 310 g/mol. The molecule has 1 atom stereocenters. The highest BCUT2D eigenvalue weighted by Crippen LogP contribution is 2.24. The monoisotopic (exact) mass is 309 g/mol. The largest absolute Gasteiger partial charge is 0.374 e. The Balaban J connectivity index is 1.96. The first-order valence-corrected chi connectivity index (χ1v) is 7.42. The van der Waals surface area contributed by atoms with Crippen LogP contribution in [0.1, 0.15) is 26.2 Å². The quantitative estimate of drug-likeness (QED) is 0.911. The van der Waals surface area contributed by atoms with Crippen molar-refractivity contribution < 1.29 is 9.53 Å². The molecule has 0 saturated heterocycles. The van der Waals surface area contributed by atoms with Gasteiger partial charge in [0.15, 0.2) is 0 Å². The minimum Gasteiger partial charge on any atom is -0.374 e. The Morgan fingerprint density at radius 3 is 2.55 bits per heavy atom. The molecule has 0 aliphatic carbocycles. The van der Waals surface area contributed by atoms with Crippen LogP contribution in [0, 0.1) is 6.92 Å². The summed E-state index contributed by atoms with van der Waals surface area (Å²) in [6.45, 7) is 2.49. The van der Waals surface area contributed by atoms with Crippen LogP contribution in [0.5, 0.6) is 0 Å². The zero-order valence-corrected chi connectivity index (χ0v) is 12.9. The van der Waals surface area contributed by atoms with E-state index >= 15 is 0 Å². The minimum atomic E-state index is -0.128. The first kappa shape index (κ1) is 15.0. The van der Waals surface area contributed by atoms with E-state index in [0.29, 0.717) is 17.1 Å². The maximum Gasteiger partial charge on any atom is 0.251 e. The van der Waals surface area contributed by atoms with Crippen LogP contribution in [0.15, 0.2) is 36.4 Å². The number of halogens is 1. The fourth-order valence-electron chi connectivity index (χ4n) is 1.82. The normalized spacial score (nSPS) is 12.2. The molecule has 1 N–H and O–H groups in total. The molecule has 0 fully saturated rings. The third-order valence-electron chi connectivity index (χ3n) is 2.92. The van der Waals surface area contributed by atoms with Gasteiger partial charge in [0.2, 0.25) is 0 Å². The fourth-order valence-corrected chi connectivity index (χ4v) is 2.90. The molecule has 0 aliphatic rings. The van der Waals surface area contributed by atoms with Gasteiger partial charge in [0.05, 0.1) is 0 Å². The van der Waals surface area contributed by atoms with Crippen molar-refractivity contribution in [3.05, 3.63) is 56.7 Å². The Morgan fingerprint density at radius 2 is 2.00 bits per heavy atom. The molecule has 106 valence electrons. The maximum absolute atomic E-state index is 12.0. The van der Waals surface area contributed by atoms with Gasteiger partial charge in [-0.05, 0) is 43.3 Å². The fraction of sp³-hybridized carbons (Fsp3) is 0.267. The molecule has 0 aliphatic heterocycles. The summed E-state index contributed by atoms with van der Waals surface area (Å²) in [6, 6.07) is 10.9. The van der Waals surface area contributed by atoms with Gasteiger partial charge < -0.3 is 10.1 Å². The molecule has 0 saturated carbocycles. The number of ether oxygens (including phenoxy) is 1. The molecule has 0 radical (unpaired) electrons. The van der Waals surface area contributed by atoms with Gasteiger partial charge in [-0.15, -0.1) is 11.3 Å². The van der Waals surface area contributed by atoms with E-state index in [4.69, 9.17) is 16.3 Å². The summed E-state index contributed by atoms with van der Waals surface area (Å²) in [6.07, 6.45) is -0.120. The van der Waals surface area contributed by atoms with E-state index in [-0.39, 0.29) is 12.0 Å². The SMILES string of the molecule is COC(CNC(=O)c1ccc(Cl)cc1)c1ccc(C)s1. The molecule has 20 heavy (non-hydrogen) atoms. The standard InChI is InChI=1S/C15H16ClNO2S/c1-10-3-8-14(20-10)13(19-2)9-17-15(18)11-4-6-12(16)7-5-11/h3-8,13H,9H2,1-2H3,(H,17,18). The van der Waals surface area contributed by atoms with Crippen LogP contribution in [-0.2, 0) is 4.74 Å². The van der Waals surface area contributed by atoms with Crippen molar-refractivity contribution >= 4 is 28.8 Å². The van der Waals surface area contributed by atoms with Gasteiger partial charge in [-0.25, -0.2) is 0 Å². The highest BCUT2D eigenvalue weighted by atomic mass is 35.5. The van der Waals surface area contributed by atoms with Gasteiger partial charge in [0.1, 0.15) is 6.10 Å². The van der Waals surface area contributed by atoms with Crippen LogP contribution >= 0.6 is 22.9 Å². The predicted octanol–water partition coefficient (Wildman–Crippen LogP) is 3.83. The highest BCUT2D eigenvalue weighted by Gasteiger charge is 2.14. The second kappa shape index (κ2) is 6.88. The zero-order valence-electron chi connectivity index (χ0n) is 11.4. The van der Waals surface area contributed by atoms with Crippen LogP contribution in [0.25, 0.3) is 0 Å². The third kappa shape index (κ3) is 3.82. The lowest BCUT2D eigenvalue weighted by molar-refractivity contribution is 0.0837. The number of hydrogen-bond donors (Lipinski definition) is 1. The molecule has 1 unspecified atom stereocenters. The van der Waals surface area contributed by atoms with Crippen LogP contribution < -0.4 is 5.32 Å². The summed E-state index contributed by atoms with van der Waals surface area (Å²) in [4.78, 5) is 14.3. The zero-order chi connectivity index (χ0) is 14.5. The van der Waals surface area contributed by atoms with Crippen LogP contribution in [0.2, 0.25) is 5.02 Å². The smallest absolute Gasteiger partial charge is 0.251 e. The Morgan fingerprint density at radius 1 is 1.30 bits per heavy atom. The molecule has 1 heterocycles. The van der Waals surface area contributed by atoms with E-state index in [0.717, 1.165) is 4.88 Å². The van der Waals surface area contributed by atoms with Crippen LogP contribution in [0.3, 0.4) is 0 Å². The lowest BCUT2D eigenvalue weighted by Gasteiger charge is -2.14. The molecule has 0 spiro atoms. The number of methoxy groups -OCH3 is 1. The number of hydrogen-bond acceptors (Lipinski definition) is 3. The highest BCUT2D eigenvalue weighted by molar-refractivity contribution is 7.12. The Kier molecular flexibility index (Phi) is 5.17. The van der Waals surface area contributed by atoms with Crippen molar-refractivity contribution in [2.75, 3.05) is 13.7 Å². The van der Waals surface area contributed by atoms with Crippen LogP contribution in [-0.4, -0.2) is 19.6 Å². The number of nitrogens with one attached hydrogen (secondary N) is 1. The second-order valence-electron chi connectivity index (χ2n) is 4.39. The number of amides is 1. The van der Waals surface area contributed by atoms with Gasteiger partial charge in [0, 0.05) is 34.0 Å². The molecule has 3 nitrogen and oxygen atoms in total. The van der Waals surface area contributed by atoms with Gasteiger partial charge in [-0.2, -0.15) is 0 Å². The van der Waals surface area contributed by atoms with E-state index in [2.05, 4.69) is 5.32 Å². The van der Waals surface area contributed by atoms with Crippen molar-refractivity contribution in [3.8, 4) is 0 Å². The summed E-state index contributed by atoms with van der Waals surface area (Å²) < 4.78 is 5.43. The topological polar surface area (TPSA) is 38.3 Å². The van der Waals surface area contributed by atoms with E-state index in [1.54, 1.807) is 42.7 Å². The molecule has 5 heteroatoms. The number of benzene rings is 1.